The van der Waals surface area contributed by atoms with Crippen LogP contribution in [0.4, 0.5) is 0 Å². The van der Waals surface area contributed by atoms with Crippen LogP contribution in [-0.4, -0.2) is 0 Å². The van der Waals surface area contributed by atoms with Crippen LogP contribution in [-0.2, 0) is 4.74 Å². The van der Waals surface area contributed by atoms with E-state index in [4.69, 9.17) is 4.74 Å². The van der Waals surface area contributed by atoms with Gasteiger partial charge in [0.15, 0.2) is 0 Å². The third-order valence-corrected chi connectivity index (χ3v) is 1.58. The molecule has 2 aliphatic rings. The summed E-state index contributed by atoms with van der Waals surface area (Å²) in [6.45, 7) is 0. The fourth-order valence-electron chi connectivity index (χ4n) is 1.05. The zero-order valence-corrected chi connectivity index (χ0v) is 5.45. The van der Waals surface area contributed by atoms with Gasteiger partial charge >= 0.3 is 0 Å². The minimum absolute atomic E-state index is 0.318. The van der Waals surface area contributed by atoms with E-state index < -0.39 is 0 Å². The van der Waals surface area contributed by atoms with Gasteiger partial charge in [-0.05, 0) is 5.57 Å². The van der Waals surface area contributed by atoms with Crippen LogP contribution in [0.15, 0.2) is 42.4 Å². The zero-order valence-electron chi connectivity index (χ0n) is 5.45. The summed E-state index contributed by atoms with van der Waals surface area (Å²) in [5.41, 5.74) is 1.17. The molecule has 49 valence electrons. The number of hydrogen-bond acceptors (Lipinski definition) is 1. The molecule has 10 heavy (non-hydrogen) atoms. The van der Waals surface area contributed by atoms with Crippen molar-refractivity contribution in [2.24, 2.45) is 5.92 Å². The minimum atomic E-state index is 0.318. The van der Waals surface area contributed by atoms with Crippen molar-refractivity contribution < 1.29 is 4.74 Å². The second kappa shape index (κ2) is 2.18. The van der Waals surface area contributed by atoms with E-state index in [0.29, 0.717) is 5.92 Å². The average Bonchev–Trinajstić information content (AvgIpc) is 2.05. The van der Waals surface area contributed by atoms with E-state index >= 15 is 0 Å². The minimum Gasteiger partial charge on any atom is -0.472 e. The maximum absolute atomic E-state index is 4.96. The van der Waals surface area contributed by atoms with Crippen LogP contribution in [0.2, 0.25) is 0 Å². The van der Waals surface area contributed by atoms with Crippen LogP contribution < -0.4 is 0 Å². The molecule has 1 aliphatic carbocycles. The summed E-state index contributed by atoms with van der Waals surface area (Å²) in [4.78, 5) is 0. The molecule has 1 heteroatoms. The molecule has 0 aromatic rings. The molecule has 1 radical (unpaired) electrons. The highest BCUT2D eigenvalue weighted by Gasteiger charge is 2.10. The van der Waals surface area contributed by atoms with Gasteiger partial charge < -0.3 is 4.74 Å². The standard InChI is InChI=1S/C9H7O/c1-2-4-9-7-10-6-5-8(9)3-1/h1-4,6-8H. The smallest absolute Gasteiger partial charge is 0.0947 e. The van der Waals surface area contributed by atoms with Gasteiger partial charge in [-0.15, -0.1) is 0 Å². The van der Waals surface area contributed by atoms with Crippen molar-refractivity contribution in [1.82, 2.24) is 0 Å². The van der Waals surface area contributed by atoms with Crippen molar-refractivity contribution in [3.05, 3.63) is 48.5 Å². The van der Waals surface area contributed by atoms with Gasteiger partial charge in [0.2, 0.25) is 0 Å². The van der Waals surface area contributed by atoms with Crippen molar-refractivity contribution in [3.8, 4) is 0 Å². The van der Waals surface area contributed by atoms with Gasteiger partial charge in [0.05, 0.1) is 12.5 Å². The van der Waals surface area contributed by atoms with E-state index in [1.165, 1.54) is 5.57 Å². The predicted molar refractivity (Wildman–Crippen MR) is 38.8 cm³/mol. The summed E-state index contributed by atoms with van der Waals surface area (Å²) in [5.74, 6) is 0.318. The highest BCUT2D eigenvalue weighted by molar-refractivity contribution is 5.34. The molecule has 0 aromatic carbocycles. The van der Waals surface area contributed by atoms with Crippen molar-refractivity contribution >= 4 is 0 Å². The summed E-state index contributed by atoms with van der Waals surface area (Å²) in [6.07, 6.45) is 14.6. The first-order chi connectivity index (χ1) is 4.97. The molecule has 2 rings (SSSR count). The monoisotopic (exact) mass is 131 g/mol. The van der Waals surface area contributed by atoms with Crippen molar-refractivity contribution in [2.45, 2.75) is 0 Å². The number of ether oxygens (including phenoxy) is 1. The van der Waals surface area contributed by atoms with E-state index in [0.717, 1.165) is 0 Å². The lowest BCUT2D eigenvalue weighted by Gasteiger charge is -2.14. The topological polar surface area (TPSA) is 9.23 Å². The molecule has 0 saturated heterocycles. The molecule has 0 N–H and O–H groups in total. The van der Waals surface area contributed by atoms with E-state index in [1.54, 1.807) is 12.5 Å². The molecule has 0 spiro atoms. The first kappa shape index (κ1) is 5.54. The lowest BCUT2D eigenvalue weighted by molar-refractivity contribution is 0.379. The maximum atomic E-state index is 4.96. The van der Waals surface area contributed by atoms with Crippen LogP contribution >= 0.6 is 0 Å². The largest absolute Gasteiger partial charge is 0.472 e. The van der Waals surface area contributed by atoms with Crippen LogP contribution in [0.3, 0.4) is 0 Å². The normalized spacial score (nSPS) is 27.2. The molecular formula is C9H7O. The molecule has 1 nitrogen and oxygen atoms in total. The zero-order chi connectivity index (χ0) is 6.81. The molecule has 1 aliphatic heterocycles. The molecule has 0 fully saturated rings. The Hall–Kier alpha value is -1.24. The Labute approximate surface area is 60.0 Å². The Bertz CT molecular complexity index is 243. The number of rotatable bonds is 0. The molecule has 0 saturated carbocycles. The van der Waals surface area contributed by atoms with Crippen molar-refractivity contribution in [1.29, 1.82) is 0 Å². The van der Waals surface area contributed by atoms with Crippen molar-refractivity contribution in [2.75, 3.05) is 0 Å². The van der Waals surface area contributed by atoms with Crippen molar-refractivity contribution in [3.63, 3.8) is 0 Å². The van der Waals surface area contributed by atoms with Gasteiger partial charge in [0, 0.05) is 12.0 Å². The third kappa shape index (κ3) is 0.798. The van der Waals surface area contributed by atoms with Crippen LogP contribution in [0.25, 0.3) is 0 Å². The van der Waals surface area contributed by atoms with Crippen LogP contribution in [0.1, 0.15) is 0 Å². The predicted octanol–water partition coefficient (Wildman–Crippen LogP) is 1.96. The van der Waals surface area contributed by atoms with Crippen LogP contribution in [0, 0.1) is 12.0 Å². The van der Waals surface area contributed by atoms with Gasteiger partial charge in [-0.25, -0.2) is 0 Å². The summed E-state index contributed by atoms with van der Waals surface area (Å²) >= 11 is 0. The number of hydrogen-bond donors (Lipinski definition) is 0. The average molecular weight is 131 g/mol. The number of allylic oxidation sites excluding steroid dienone is 6. The summed E-state index contributed by atoms with van der Waals surface area (Å²) < 4.78 is 4.96. The fraction of sp³-hybridized carbons (Fsp3) is 0.111. The first-order valence-corrected chi connectivity index (χ1v) is 3.25. The molecular weight excluding hydrogens is 124 g/mol. The maximum Gasteiger partial charge on any atom is 0.0947 e. The van der Waals surface area contributed by atoms with E-state index in [1.807, 2.05) is 18.2 Å². The van der Waals surface area contributed by atoms with E-state index in [9.17, 15) is 0 Å². The van der Waals surface area contributed by atoms with Gasteiger partial charge in [0.1, 0.15) is 0 Å². The van der Waals surface area contributed by atoms with Gasteiger partial charge in [-0.2, -0.15) is 0 Å². The lowest BCUT2D eigenvalue weighted by atomic mass is 9.95. The van der Waals surface area contributed by atoms with E-state index in [-0.39, 0.29) is 0 Å². The Morgan fingerprint density at radius 2 is 2.40 bits per heavy atom. The Balaban J connectivity index is 2.33. The van der Waals surface area contributed by atoms with Gasteiger partial charge in [-0.1, -0.05) is 24.3 Å². The highest BCUT2D eigenvalue weighted by Crippen LogP contribution is 2.22. The SMILES string of the molecule is [C]1=COC=C2C=CC=CC12. The second-order valence-electron chi connectivity index (χ2n) is 2.26. The Morgan fingerprint density at radius 1 is 1.40 bits per heavy atom. The quantitative estimate of drug-likeness (QED) is 0.488. The lowest BCUT2D eigenvalue weighted by Crippen LogP contribution is -2.02. The third-order valence-electron chi connectivity index (χ3n) is 1.58. The summed E-state index contributed by atoms with van der Waals surface area (Å²) in [5, 5.41) is 0. The molecule has 0 bridgehead atoms. The second-order valence-corrected chi connectivity index (χ2v) is 2.26. The summed E-state index contributed by atoms with van der Waals surface area (Å²) in [7, 11) is 0. The van der Waals surface area contributed by atoms with E-state index in [2.05, 4.69) is 12.2 Å². The molecule has 1 unspecified atom stereocenters. The number of fused-ring (bicyclic) bond motifs is 1. The highest BCUT2D eigenvalue weighted by atomic mass is 16.5. The molecule has 0 amide bonds. The molecule has 1 atom stereocenters. The molecule has 1 heterocycles. The van der Waals surface area contributed by atoms with Gasteiger partial charge in [-0.3, -0.25) is 0 Å². The van der Waals surface area contributed by atoms with Crippen LogP contribution in [0.5, 0.6) is 0 Å². The van der Waals surface area contributed by atoms with Gasteiger partial charge in [0.25, 0.3) is 0 Å². The fourth-order valence-corrected chi connectivity index (χ4v) is 1.05. The Kier molecular flexibility index (Phi) is 1.21. The first-order valence-electron chi connectivity index (χ1n) is 3.25. The molecule has 0 aromatic heterocycles. The summed E-state index contributed by atoms with van der Waals surface area (Å²) in [6, 6.07) is 0. The Morgan fingerprint density at radius 3 is 3.30 bits per heavy atom.